The molecule has 0 unspecified atom stereocenters. The van der Waals surface area contributed by atoms with Crippen LogP contribution >= 0.6 is 0 Å². The largest absolute Gasteiger partial charge is 0.380 e. The number of carbonyl (C=O) groups excluding carboxylic acids is 8. The van der Waals surface area contributed by atoms with Crippen molar-refractivity contribution in [2.45, 2.75) is 177 Å². The number of fused-ring (bicyclic) bond motifs is 2. The summed E-state index contributed by atoms with van der Waals surface area (Å²) in [6.07, 6.45) is 7.24. The molecule has 8 amide bonds. The molecule has 4 fully saturated rings. The summed E-state index contributed by atoms with van der Waals surface area (Å²) >= 11 is 0. The molecule has 0 spiro atoms. The van der Waals surface area contributed by atoms with Gasteiger partial charge in [-0.15, -0.1) is 0 Å². The first-order chi connectivity index (χ1) is 49.6. The fraction of sp³-hybridized carbons (Fsp3) is 0.468. The Bertz CT molecular complexity index is 3780. The monoisotopic (exact) mass is 1390 g/mol. The molecular formula is C79H101N13O10. The topological polar surface area (TPSA) is 310 Å². The first-order valence-corrected chi connectivity index (χ1v) is 36.6. The van der Waals surface area contributed by atoms with E-state index in [1.807, 2.05) is 105 Å². The van der Waals surface area contributed by atoms with Gasteiger partial charge in [-0.3, -0.25) is 47.9 Å². The van der Waals surface area contributed by atoms with Gasteiger partial charge in [0.05, 0.1) is 18.1 Å². The van der Waals surface area contributed by atoms with E-state index in [9.17, 15) is 33.6 Å². The number of likely N-dealkylation sites (N-methyl/N-ethyl adjacent to an activating group) is 2. The SMILES string of the molecule is CC[C@H](NC)C(=O)N[C@@H]1C(=O)N2[C@@H](CC[C@@H]1CNC(=O)CCCNc1c(NCCCCNC(=O)C(NC(=O)[C@@H]3CC[C@@H]4CC[C@H](CCNCc5ccccc5)[C@H](NC(=O)[C@H](CC)NC)C(=O)N43)(c3ccccc3)c3ccccc3)c(=O)c1=O)CC[C@H]2C(=O)NC(c1ccccc1)c1ccccc1. The quantitative estimate of drug-likeness (QED) is 0.0172. The Morgan fingerprint density at radius 1 is 0.500 bits per heavy atom. The summed E-state index contributed by atoms with van der Waals surface area (Å²) < 4.78 is 0. The van der Waals surface area contributed by atoms with Crippen molar-refractivity contribution in [1.29, 1.82) is 0 Å². The minimum Gasteiger partial charge on any atom is -0.380 e. The van der Waals surface area contributed by atoms with Crippen molar-refractivity contribution in [2.24, 2.45) is 11.8 Å². The van der Waals surface area contributed by atoms with Gasteiger partial charge in [0.2, 0.25) is 41.4 Å². The van der Waals surface area contributed by atoms with E-state index in [1.165, 1.54) is 0 Å². The van der Waals surface area contributed by atoms with Gasteiger partial charge in [0.15, 0.2) is 5.54 Å². The zero-order valence-corrected chi connectivity index (χ0v) is 59.1. The van der Waals surface area contributed by atoms with E-state index in [0.717, 1.165) is 16.7 Å². The molecule has 0 aromatic heterocycles. The van der Waals surface area contributed by atoms with Gasteiger partial charge in [-0.05, 0) is 144 Å². The third-order valence-electron chi connectivity index (χ3n) is 21.1. The highest BCUT2D eigenvalue weighted by molar-refractivity contribution is 6.00. The zero-order chi connectivity index (χ0) is 72.1. The van der Waals surface area contributed by atoms with Gasteiger partial charge in [-0.25, -0.2) is 0 Å². The molecule has 4 aliphatic heterocycles. The molecule has 0 aliphatic carbocycles. The highest BCUT2D eigenvalue weighted by atomic mass is 16.2. The van der Waals surface area contributed by atoms with Crippen LogP contribution in [0.2, 0.25) is 0 Å². The zero-order valence-electron chi connectivity index (χ0n) is 59.1. The van der Waals surface area contributed by atoms with E-state index < -0.39 is 76.4 Å². The van der Waals surface area contributed by atoms with E-state index in [0.29, 0.717) is 114 Å². The Labute approximate surface area is 597 Å². The van der Waals surface area contributed by atoms with Crippen LogP contribution in [0.5, 0.6) is 0 Å². The molecule has 0 radical (unpaired) electrons. The Hall–Kier alpha value is -9.58. The lowest BCUT2D eigenvalue weighted by atomic mass is 9.81. The highest BCUT2D eigenvalue weighted by Crippen LogP contribution is 2.39. The number of benzene rings is 5. The maximum absolute atomic E-state index is 15.3. The molecule has 4 heterocycles. The molecule has 102 heavy (non-hydrogen) atoms. The van der Waals surface area contributed by atoms with Crippen LogP contribution < -0.4 is 69.3 Å². The molecule has 4 saturated heterocycles. The summed E-state index contributed by atoms with van der Waals surface area (Å²) in [5, 5.41) is 34.4. The van der Waals surface area contributed by atoms with Crippen LogP contribution in [0.25, 0.3) is 0 Å². The maximum Gasteiger partial charge on any atom is 0.255 e. The average Bonchev–Trinajstić information content (AvgIpc) is 1.18. The lowest BCUT2D eigenvalue weighted by Crippen LogP contribution is -2.62. The molecule has 542 valence electrons. The molecule has 4 aliphatic rings. The normalized spacial score (nSPS) is 21.0. The van der Waals surface area contributed by atoms with Gasteiger partial charge in [0.25, 0.3) is 16.8 Å². The first kappa shape index (κ1) is 75.1. The molecule has 6 aromatic carbocycles. The first-order valence-electron chi connectivity index (χ1n) is 36.6. The second kappa shape index (κ2) is 36.3. The van der Waals surface area contributed by atoms with Crippen molar-refractivity contribution in [1.82, 2.24) is 57.7 Å². The highest BCUT2D eigenvalue weighted by Gasteiger charge is 2.52. The summed E-state index contributed by atoms with van der Waals surface area (Å²) in [6, 6.07) is 41.7. The fourth-order valence-electron chi connectivity index (χ4n) is 15.4. The summed E-state index contributed by atoms with van der Waals surface area (Å²) in [4.78, 5) is 145. The number of nitrogens with zero attached hydrogens (tertiary/aromatic N) is 2. The van der Waals surface area contributed by atoms with Crippen LogP contribution in [0.1, 0.15) is 144 Å². The lowest BCUT2D eigenvalue weighted by Gasteiger charge is -2.38. The minimum absolute atomic E-state index is 0.0549. The Morgan fingerprint density at radius 2 is 0.951 bits per heavy atom. The minimum atomic E-state index is -1.75. The van der Waals surface area contributed by atoms with E-state index in [1.54, 1.807) is 72.4 Å². The van der Waals surface area contributed by atoms with E-state index in [-0.39, 0.29) is 97.4 Å². The van der Waals surface area contributed by atoms with E-state index >= 15 is 14.4 Å². The molecule has 11 N–H and O–H groups in total. The summed E-state index contributed by atoms with van der Waals surface area (Å²) in [5.74, 6) is -3.58. The van der Waals surface area contributed by atoms with Gasteiger partial charge < -0.3 is 68.3 Å². The summed E-state index contributed by atoms with van der Waals surface area (Å²) in [6.45, 7) is 5.77. The van der Waals surface area contributed by atoms with Crippen LogP contribution in [-0.2, 0) is 50.4 Å². The van der Waals surface area contributed by atoms with E-state index in [2.05, 4.69) is 70.6 Å². The van der Waals surface area contributed by atoms with Crippen molar-refractivity contribution in [3.8, 4) is 0 Å². The fourth-order valence-corrected chi connectivity index (χ4v) is 15.4. The smallest absolute Gasteiger partial charge is 0.255 e. The van der Waals surface area contributed by atoms with Gasteiger partial charge in [-0.1, -0.05) is 166 Å². The molecule has 23 heteroatoms. The van der Waals surface area contributed by atoms with Crippen LogP contribution in [0.15, 0.2) is 161 Å². The second-order valence-corrected chi connectivity index (χ2v) is 27.4. The van der Waals surface area contributed by atoms with E-state index in [4.69, 9.17) is 0 Å². The van der Waals surface area contributed by atoms with Crippen LogP contribution in [0, 0.1) is 11.8 Å². The molecule has 23 nitrogen and oxygen atoms in total. The summed E-state index contributed by atoms with van der Waals surface area (Å²) in [5.41, 5.74) is 1.07. The Morgan fingerprint density at radius 3 is 1.46 bits per heavy atom. The Balaban J connectivity index is 0.726. The van der Waals surface area contributed by atoms with Gasteiger partial charge >= 0.3 is 0 Å². The summed E-state index contributed by atoms with van der Waals surface area (Å²) in [7, 11) is 3.40. The molecule has 10 atom stereocenters. The predicted molar refractivity (Wildman–Crippen MR) is 393 cm³/mol. The van der Waals surface area contributed by atoms with Crippen LogP contribution in [-0.4, -0.2) is 152 Å². The number of hydrogen-bond acceptors (Lipinski definition) is 15. The maximum atomic E-state index is 15.3. The third kappa shape index (κ3) is 17.8. The number of amides is 8. The van der Waals surface area contributed by atoms with Gasteiger partial charge in [-0.2, -0.15) is 0 Å². The number of hydrogen-bond donors (Lipinski definition) is 11. The lowest BCUT2D eigenvalue weighted by molar-refractivity contribution is -0.145. The van der Waals surface area contributed by atoms with Crippen molar-refractivity contribution in [2.75, 3.05) is 57.5 Å². The standard InChI is InChI=1S/C79H101N13O10/c1-5-60(80-3)72(96)88-66-54(44-48-82-49-51-25-12-7-13-26-51)36-38-58-41-43-63(92(58)76(66)100)75(99)90-79(56-31-18-10-19-32-56,57-33-20-11-21-34-57)78(102)85-46-23-22-45-83-68-69(71(95)70(68)94)84-47-24-35-64(93)86-50-55-37-39-59-40-42-62(91(59)77(101)67(55)89-73(97)61(6-2)81-4)74(98)87-65(52-27-14-8-15-28-52)53-29-16-9-17-30-53/h7-21,25-34,54-55,58-63,65-67,80-84H,5-6,22-24,35-50H2,1-4H3,(H,85,102)(H,86,93)(H,87,98)(H,88,96)(H,89,97)(H,90,99)/t54-,55-,58+,59+,60+,61+,62+,63+,66+,67+/m1/s1. The molecule has 0 saturated carbocycles. The van der Waals surface area contributed by atoms with Crippen molar-refractivity contribution < 1.29 is 38.4 Å². The molecular weight excluding hydrogens is 1290 g/mol. The van der Waals surface area contributed by atoms with Crippen LogP contribution in [0.3, 0.4) is 0 Å². The predicted octanol–water partition coefficient (Wildman–Crippen LogP) is 5.55. The molecule has 6 aromatic rings. The number of carbonyl (C=O) groups is 8. The van der Waals surface area contributed by atoms with Crippen LogP contribution in [0.4, 0.5) is 11.4 Å². The molecule has 0 bridgehead atoms. The Kier molecular flexibility index (Phi) is 26.8. The number of rotatable bonds is 35. The molecule has 10 rings (SSSR count). The third-order valence-corrected chi connectivity index (χ3v) is 21.1. The van der Waals surface area contributed by atoms with Crippen molar-refractivity contribution in [3.05, 3.63) is 200 Å². The van der Waals surface area contributed by atoms with Crippen molar-refractivity contribution in [3.63, 3.8) is 0 Å². The average molecular weight is 1390 g/mol. The van der Waals surface area contributed by atoms with Gasteiger partial charge in [0, 0.05) is 57.1 Å². The van der Waals surface area contributed by atoms with Crippen molar-refractivity contribution >= 4 is 58.6 Å². The number of unbranched alkanes of at least 4 members (excludes halogenated alkanes) is 1. The number of anilines is 2. The number of nitrogens with one attached hydrogen (secondary N) is 11. The van der Waals surface area contributed by atoms with Gasteiger partial charge in [0.1, 0.15) is 35.5 Å². The second-order valence-electron chi connectivity index (χ2n) is 27.4.